The quantitative estimate of drug-likeness (QED) is 0.189. The van der Waals surface area contributed by atoms with Crippen LogP contribution in [-0.4, -0.2) is 15.0 Å². The van der Waals surface area contributed by atoms with Crippen molar-refractivity contribution in [3.8, 4) is 78.7 Å². The molecular formula is C47H29N3. The Bertz CT molecular complexity index is 2650. The number of benzene rings is 8. The summed E-state index contributed by atoms with van der Waals surface area (Å²) in [6.45, 7) is 0. The van der Waals surface area contributed by atoms with E-state index in [1.807, 2.05) is 60.7 Å². The van der Waals surface area contributed by atoms with Gasteiger partial charge in [0.15, 0.2) is 17.5 Å². The van der Waals surface area contributed by atoms with E-state index in [1.54, 1.807) is 0 Å². The highest BCUT2D eigenvalue weighted by Gasteiger charge is 2.22. The molecule has 1 heterocycles. The van der Waals surface area contributed by atoms with Crippen molar-refractivity contribution in [2.75, 3.05) is 0 Å². The molecule has 232 valence electrons. The average molecular weight is 636 g/mol. The number of hydrogen-bond acceptors (Lipinski definition) is 3. The highest BCUT2D eigenvalue weighted by atomic mass is 15.0. The number of hydrogen-bond donors (Lipinski definition) is 0. The molecule has 9 aromatic rings. The molecule has 1 aliphatic carbocycles. The molecule has 0 saturated carbocycles. The second-order valence-electron chi connectivity index (χ2n) is 12.8. The van der Waals surface area contributed by atoms with Crippen LogP contribution in [-0.2, 0) is 0 Å². The Kier molecular flexibility index (Phi) is 6.49. The number of aromatic nitrogens is 3. The molecule has 0 radical (unpaired) electrons. The van der Waals surface area contributed by atoms with Crippen LogP contribution in [0.15, 0.2) is 176 Å². The molecule has 0 saturated heterocycles. The van der Waals surface area contributed by atoms with Gasteiger partial charge in [-0.25, -0.2) is 15.0 Å². The standard InChI is InChI=1S/C47H29N3/c1-3-12-31(13-4-1)45-48-46(32-14-5-2-6-15-32)50-47(49-45)33-24-22-30(23-25-33)43-29-35(28-34-16-7-8-17-36(34)43)37-26-27-42-39-19-10-9-18-38(39)41-21-11-20-40(37)44(41)42/h1-29H. The summed E-state index contributed by atoms with van der Waals surface area (Å²) in [5.74, 6) is 1.97. The van der Waals surface area contributed by atoms with E-state index in [0.29, 0.717) is 17.5 Å². The summed E-state index contributed by atoms with van der Waals surface area (Å²) < 4.78 is 0. The molecule has 10 rings (SSSR count). The first kappa shape index (κ1) is 28.3. The van der Waals surface area contributed by atoms with Crippen molar-refractivity contribution in [3.63, 3.8) is 0 Å². The topological polar surface area (TPSA) is 38.7 Å². The molecule has 3 nitrogen and oxygen atoms in total. The predicted octanol–water partition coefficient (Wildman–Crippen LogP) is 12.2. The van der Waals surface area contributed by atoms with Crippen LogP contribution in [0.3, 0.4) is 0 Å². The molecule has 0 amide bonds. The molecular weight excluding hydrogens is 607 g/mol. The number of rotatable bonds is 5. The third kappa shape index (κ3) is 4.63. The van der Waals surface area contributed by atoms with Gasteiger partial charge in [-0.15, -0.1) is 0 Å². The first-order chi connectivity index (χ1) is 24.8. The van der Waals surface area contributed by atoms with Crippen molar-refractivity contribution in [2.24, 2.45) is 0 Å². The predicted molar refractivity (Wildman–Crippen MR) is 206 cm³/mol. The lowest BCUT2D eigenvalue weighted by molar-refractivity contribution is 1.07. The summed E-state index contributed by atoms with van der Waals surface area (Å²) in [6, 6.07) is 62.3. The third-order valence-corrected chi connectivity index (χ3v) is 9.87. The Morgan fingerprint density at radius 2 is 0.740 bits per heavy atom. The lowest BCUT2D eigenvalue weighted by Gasteiger charge is -2.14. The minimum atomic E-state index is 0.650. The van der Waals surface area contributed by atoms with Crippen LogP contribution in [0.25, 0.3) is 100 Å². The number of nitrogens with zero attached hydrogens (tertiary/aromatic N) is 3. The van der Waals surface area contributed by atoms with Gasteiger partial charge in [0.05, 0.1) is 0 Å². The van der Waals surface area contributed by atoms with Gasteiger partial charge in [-0.3, -0.25) is 0 Å². The highest BCUT2D eigenvalue weighted by molar-refractivity contribution is 6.19. The van der Waals surface area contributed by atoms with Crippen molar-refractivity contribution in [1.29, 1.82) is 0 Å². The smallest absolute Gasteiger partial charge is 0.164 e. The van der Waals surface area contributed by atoms with E-state index < -0.39 is 0 Å². The molecule has 0 aliphatic heterocycles. The normalized spacial score (nSPS) is 11.6. The van der Waals surface area contributed by atoms with Crippen LogP contribution in [0.1, 0.15) is 0 Å². The summed E-state index contributed by atoms with van der Waals surface area (Å²) in [4.78, 5) is 14.8. The summed E-state index contributed by atoms with van der Waals surface area (Å²) in [5, 5.41) is 5.06. The molecule has 1 aromatic heterocycles. The van der Waals surface area contributed by atoms with Crippen LogP contribution in [0.2, 0.25) is 0 Å². The van der Waals surface area contributed by atoms with Crippen molar-refractivity contribution >= 4 is 21.5 Å². The van der Waals surface area contributed by atoms with E-state index in [2.05, 4.69) is 115 Å². The lowest BCUT2D eigenvalue weighted by atomic mass is 9.89. The zero-order valence-corrected chi connectivity index (χ0v) is 27.1. The fourth-order valence-corrected chi connectivity index (χ4v) is 7.50. The molecule has 0 bridgehead atoms. The van der Waals surface area contributed by atoms with E-state index in [-0.39, 0.29) is 0 Å². The Morgan fingerprint density at radius 3 is 1.40 bits per heavy atom. The Labute approximate surface area is 290 Å². The van der Waals surface area contributed by atoms with Crippen LogP contribution in [0, 0.1) is 0 Å². The first-order valence-electron chi connectivity index (χ1n) is 16.9. The van der Waals surface area contributed by atoms with Crippen molar-refractivity contribution in [3.05, 3.63) is 176 Å². The van der Waals surface area contributed by atoms with Crippen LogP contribution >= 0.6 is 0 Å². The van der Waals surface area contributed by atoms with E-state index in [4.69, 9.17) is 15.0 Å². The zero-order chi connectivity index (χ0) is 33.0. The minimum absolute atomic E-state index is 0.650. The molecule has 3 heteroatoms. The highest BCUT2D eigenvalue weighted by Crippen LogP contribution is 2.49. The largest absolute Gasteiger partial charge is 0.208 e. The molecule has 50 heavy (non-hydrogen) atoms. The van der Waals surface area contributed by atoms with Gasteiger partial charge in [0.25, 0.3) is 0 Å². The summed E-state index contributed by atoms with van der Waals surface area (Å²) in [7, 11) is 0. The van der Waals surface area contributed by atoms with Gasteiger partial charge in [-0.05, 0) is 78.2 Å². The van der Waals surface area contributed by atoms with Crippen LogP contribution in [0.5, 0.6) is 0 Å². The van der Waals surface area contributed by atoms with Crippen molar-refractivity contribution in [1.82, 2.24) is 15.0 Å². The van der Waals surface area contributed by atoms with Crippen molar-refractivity contribution in [2.45, 2.75) is 0 Å². The van der Waals surface area contributed by atoms with Crippen LogP contribution in [0.4, 0.5) is 0 Å². The minimum Gasteiger partial charge on any atom is -0.208 e. The molecule has 8 aromatic carbocycles. The van der Waals surface area contributed by atoms with Crippen molar-refractivity contribution < 1.29 is 0 Å². The first-order valence-corrected chi connectivity index (χ1v) is 16.9. The third-order valence-electron chi connectivity index (χ3n) is 9.87. The molecule has 0 unspecified atom stereocenters. The maximum Gasteiger partial charge on any atom is 0.164 e. The molecule has 0 N–H and O–H groups in total. The van der Waals surface area contributed by atoms with Gasteiger partial charge in [-0.1, -0.05) is 164 Å². The van der Waals surface area contributed by atoms with Gasteiger partial charge in [-0.2, -0.15) is 0 Å². The molecule has 0 atom stereocenters. The zero-order valence-electron chi connectivity index (χ0n) is 27.1. The summed E-state index contributed by atoms with van der Waals surface area (Å²) >= 11 is 0. The summed E-state index contributed by atoms with van der Waals surface area (Å²) in [5.41, 5.74) is 12.9. The van der Waals surface area contributed by atoms with E-state index in [9.17, 15) is 0 Å². The Hall–Kier alpha value is -6.71. The van der Waals surface area contributed by atoms with Gasteiger partial charge in [0.1, 0.15) is 0 Å². The van der Waals surface area contributed by atoms with Gasteiger partial charge < -0.3 is 0 Å². The monoisotopic (exact) mass is 635 g/mol. The second-order valence-corrected chi connectivity index (χ2v) is 12.8. The molecule has 1 aliphatic rings. The van der Waals surface area contributed by atoms with Gasteiger partial charge in [0, 0.05) is 16.7 Å². The average Bonchev–Trinajstić information content (AvgIpc) is 3.53. The second kappa shape index (κ2) is 11.5. The van der Waals surface area contributed by atoms with Gasteiger partial charge in [0.2, 0.25) is 0 Å². The fourth-order valence-electron chi connectivity index (χ4n) is 7.50. The maximum atomic E-state index is 4.95. The maximum absolute atomic E-state index is 4.95. The van der Waals surface area contributed by atoms with E-state index in [1.165, 1.54) is 60.5 Å². The SMILES string of the molecule is c1ccc(-c2nc(-c3ccccc3)nc(-c3ccc(-c4cc(-c5ccc6c7c(cccc57)-c5ccccc5-6)cc5ccccc45)cc3)n2)cc1. The molecule has 0 spiro atoms. The number of fused-ring (bicyclic) bond motifs is 4. The Balaban J connectivity index is 1.10. The fraction of sp³-hybridized carbons (Fsp3) is 0. The van der Waals surface area contributed by atoms with Crippen LogP contribution < -0.4 is 0 Å². The van der Waals surface area contributed by atoms with E-state index in [0.717, 1.165) is 22.3 Å². The van der Waals surface area contributed by atoms with Gasteiger partial charge >= 0.3 is 0 Å². The summed E-state index contributed by atoms with van der Waals surface area (Å²) in [6.07, 6.45) is 0. The Morgan fingerprint density at radius 1 is 0.260 bits per heavy atom. The van der Waals surface area contributed by atoms with E-state index >= 15 is 0 Å². The molecule has 0 fully saturated rings. The lowest BCUT2D eigenvalue weighted by Crippen LogP contribution is -2.00.